The van der Waals surface area contributed by atoms with Crippen molar-refractivity contribution in [2.24, 2.45) is 0 Å². The van der Waals surface area contributed by atoms with Crippen LogP contribution < -0.4 is 10.6 Å². The molecule has 1 aromatic heterocycles. The minimum atomic E-state index is 0.399. The van der Waals surface area contributed by atoms with E-state index in [1.54, 1.807) is 0 Å². The molecule has 0 bridgehead atoms. The van der Waals surface area contributed by atoms with Gasteiger partial charge in [0.15, 0.2) is 0 Å². The van der Waals surface area contributed by atoms with Crippen molar-refractivity contribution in [2.45, 2.75) is 52.0 Å². The molecule has 0 radical (unpaired) electrons. The largest absolute Gasteiger partial charge is 0.370 e. The molecule has 0 unspecified atom stereocenters. The van der Waals surface area contributed by atoms with Gasteiger partial charge >= 0.3 is 0 Å². The molecule has 2 rings (SSSR count). The van der Waals surface area contributed by atoms with Crippen LogP contribution in [0.5, 0.6) is 0 Å². The van der Waals surface area contributed by atoms with Gasteiger partial charge in [-0.05, 0) is 33.1 Å². The zero-order valence-corrected chi connectivity index (χ0v) is 11.0. The number of rotatable bonds is 6. The highest BCUT2D eigenvalue weighted by Gasteiger charge is 2.27. The maximum atomic E-state index is 4.58. The molecule has 0 amide bonds. The summed E-state index contributed by atoms with van der Waals surface area (Å²) in [6, 6.07) is 2.40. The van der Waals surface area contributed by atoms with Gasteiger partial charge in [0.1, 0.15) is 17.5 Å². The third kappa shape index (κ3) is 3.58. The molecule has 0 aliphatic heterocycles. The van der Waals surface area contributed by atoms with Gasteiger partial charge in [0.05, 0.1) is 0 Å². The summed E-state index contributed by atoms with van der Waals surface area (Å²) in [6.07, 6.45) is 3.58. The van der Waals surface area contributed by atoms with Crippen LogP contribution in [0.2, 0.25) is 0 Å². The molecule has 4 heteroatoms. The normalized spacial score (nSPS) is 15.1. The second-order valence-electron chi connectivity index (χ2n) is 5.00. The van der Waals surface area contributed by atoms with Crippen molar-refractivity contribution in [3.63, 3.8) is 0 Å². The van der Waals surface area contributed by atoms with Crippen LogP contribution in [0.3, 0.4) is 0 Å². The number of hydrogen-bond donors (Lipinski definition) is 2. The van der Waals surface area contributed by atoms with Crippen molar-refractivity contribution >= 4 is 11.6 Å². The summed E-state index contributed by atoms with van der Waals surface area (Å²) >= 11 is 0. The maximum Gasteiger partial charge on any atom is 0.136 e. The molecule has 1 aliphatic rings. The fraction of sp³-hybridized carbons (Fsp3) is 0.692. The van der Waals surface area contributed by atoms with E-state index in [0.29, 0.717) is 12.0 Å². The molecule has 0 spiro atoms. The molecule has 0 aromatic carbocycles. The summed E-state index contributed by atoms with van der Waals surface area (Å²) in [5, 5.41) is 6.69. The third-order valence-corrected chi connectivity index (χ3v) is 2.68. The molecule has 94 valence electrons. The minimum absolute atomic E-state index is 0.399. The second-order valence-corrected chi connectivity index (χ2v) is 5.00. The number of anilines is 2. The Morgan fingerprint density at radius 3 is 2.59 bits per heavy atom. The summed E-state index contributed by atoms with van der Waals surface area (Å²) < 4.78 is 0. The Kier molecular flexibility index (Phi) is 3.82. The first-order valence-electron chi connectivity index (χ1n) is 6.58. The van der Waals surface area contributed by atoms with Crippen molar-refractivity contribution in [1.82, 2.24) is 9.97 Å². The lowest BCUT2D eigenvalue weighted by Crippen LogP contribution is -2.13. The van der Waals surface area contributed by atoms with Crippen molar-refractivity contribution in [1.29, 1.82) is 0 Å². The van der Waals surface area contributed by atoms with E-state index in [1.807, 2.05) is 6.07 Å². The standard InChI is InChI=1S/C13H22N4/c1-4-7-14-11-8-12(15-9(2)3)17-13(16-11)10-5-6-10/h8-10H,4-7H2,1-3H3,(H2,14,15,16,17). The van der Waals surface area contributed by atoms with E-state index in [9.17, 15) is 0 Å². The van der Waals surface area contributed by atoms with E-state index < -0.39 is 0 Å². The van der Waals surface area contributed by atoms with Crippen LogP contribution in [0.1, 0.15) is 51.8 Å². The zero-order valence-electron chi connectivity index (χ0n) is 11.0. The van der Waals surface area contributed by atoms with E-state index in [0.717, 1.165) is 30.4 Å². The molecule has 4 nitrogen and oxygen atoms in total. The molecule has 0 atom stereocenters. The topological polar surface area (TPSA) is 49.8 Å². The smallest absolute Gasteiger partial charge is 0.136 e. The van der Waals surface area contributed by atoms with E-state index in [1.165, 1.54) is 12.8 Å². The molecule has 1 fully saturated rings. The SMILES string of the molecule is CCCNc1cc(NC(C)C)nc(C2CC2)n1. The molecule has 17 heavy (non-hydrogen) atoms. The molecule has 1 aliphatic carbocycles. The fourth-order valence-electron chi connectivity index (χ4n) is 1.70. The average Bonchev–Trinajstić information content (AvgIpc) is 3.08. The van der Waals surface area contributed by atoms with Crippen LogP contribution in [0.4, 0.5) is 11.6 Å². The van der Waals surface area contributed by atoms with Crippen LogP contribution >= 0.6 is 0 Å². The molecule has 2 N–H and O–H groups in total. The van der Waals surface area contributed by atoms with Crippen molar-refractivity contribution in [2.75, 3.05) is 17.2 Å². The van der Waals surface area contributed by atoms with Crippen LogP contribution in [0, 0.1) is 0 Å². The first-order chi connectivity index (χ1) is 8.19. The Hall–Kier alpha value is -1.32. The van der Waals surface area contributed by atoms with Crippen LogP contribution in [0.25, 0.3) is 0 Å². The number of nitrogens with one attached hydrogen (secondary N) is 2. The molecular weight excluding hydrogens is 212 g/mol. The molecule has 1 aromatic rings. The zero-order chi connectivity index (χ0) is 12.3. The molecule has 1 heterocycles. The lowest BCUT2D eigenvalue weighted by atomic mass is 10.3. The summed E-state index contributed by atoms with van der Waals surface area (Å²) in [7, 11) is 0. The first kappa shape index (κ1) is 12.1. The molecule has 1 saturated carbocycles. The fourth-order valence-corrected chi connectivity index (χ4v) is 1.70. The highest BCUT2D eigenvalue weighted by Crippen LogP contribution is 2.38. The van der Waals surface area contributed by atoms with E-state index in [-0.39, 0.29) is 0 Å². The summed E-state index contributed by atoms with van der Waals surface area (Å²) in [5.74, 6) is 3.47. The quantitative estimate of drug-likeness (QED) is 0.794. The summed E-state index contributed by atoms with van der Waals surface area (Å²) in [5.41, 5.74) is 0. The van der Waals surface area contributed by atoms with Gasteiger partial charge in [-0.2, -0.15) is 0 Å². The van der Waals surface area contributed by atoms with Gasteiger partial charge in [0.25, 0.3) is 0 Å². The lowest BCUT2D eigenvalue weighted by Gasteiger charge is -2.12. The van der Waals surface area contributed by atoms with Gasteiger partial charge in [-0.15, -0.1) is 0 Å². The Bertz CT molecular complexity index is 372. The number of nitrogens with zero attached hydrogens (tertiary/aromatic N) is 2. The summed E-state index contributed by atoms with van der Waals surface area (Å²) in [6.45, 7) is 7.36. The van der Waals surface area contributed by atoms with E-state index in [4.69, 9.17) is 0 Å². The third-order valence-electron chi connectivity index (χ3n) is 2.68. The Balaban J connectivity index is 2.15. The van der Waals surface area contributed by atoms with Gasteiger partial charge in [0, 0.05) is 24.6 Å². The molecule has 0 saturated heterocycles. The number of hydrogen-bond acceptors (Lipinski definition) is 4. The van der Waals surface area contributed by atoms with E-state index in [2.05, 4.69) is 41.4 Å². The number of aromatic nitrogens is 2. The van der Waals surface area contributed by atoms with Crippen LogP contribution in [-0.4, -0.2) is 22.6 Å². The molecular formula is C13H22N4. The predicted molar refractivity (Wildman–Crippen MR) is 71.5 cm³/mol. The maximum absolute atomic E-state index is 4.58. The van der Waals surface area contributed by atoms with Crippen molar-refractivity contribution < 1.29 is 0 Å². The minimum Gasteiger partial charge on any atom is -0.370 e. The second kappa shape index (κ2) is 5.34. The van der Waals surface area contributed by atoms with Gasteiger partial charge in [-0.3, -0.25) is 0 Å². The summed E-state index contributed by atoms with van der Waals surface area (Å²) in [4.78, 5) is 9.16. The Morgan fingerprint density at radius 1 is 1.29 bits per heavy atom. The lowest BCUT2D eigenvalue weighted by molar-refractivity contribution is 0.861. The van der Waals surface area contributed by atoms with E-state index >= 15 is 0 Å². The monoisotopic (exact) mass is 234 g/mol. The van der Waals surface area contributed by atoms with Gasteiger partial charge < -0.3 is 10.6 Å². The van der Waals surface area contributed by atoms with Crippen LogP contribution in [0.15, 0.2) is 6.07 Å². The highest BCUT2D eigenvalue weighted by atomic mass is 15.1. The average molecular weight is 234 g/mol. The van der Waals surface area contributed by atoms with Gasteiger partial charge in [-0.25, -0.2) is 9.97 Å². The predicted octanol–water partition coefficient (Wildman–Crippen LogP) is 3.00. The van der Waals surface area contributed by atoms with Crippen LogP contribution in [-0.2, 0) is 0 Å². The Labute approximate surface area is 103 Å². The Morgan fingerprint density at radius 2 is 2.00 bits per heavy atom. The van der Waals surface area contributed by atoms with Gasteiger partial charge in [-0.1, -0.05) is 6.92 Å². The first-order valence-corrected chi connectivity index (χ1v) is 6.58. The van der Waals surface area contributed by atoms with Gasteiger partial charge in [0.2, 0.25) is 0 Å². The van der Waals surface area contributed by atoms with Crippen molar-refractivity contribution in [3.8, 4) is 0 Å². The highest BCUT2D eigenvalue weighted by molar-refractivity contribution is 5.48. The van der Waals surface area contributed by atoms with Crippen molar-refractivity contribution in [3.05, 3.63) is 11.9 Å².